The van der Waals surface area contributed by atoms with Crippen molar-refractivity contribution in [1.82, 2.24) is 0 Å². The maximum Gasteiger partial charge on any atom is 0.191 e. The molecular formula is C6H16OS3Si. The summed E-state index contributed by atoms with van der Waals surface area (Å²) < 4.78 is 0. The summed E-state index contributed by atoms with van der Waals surface area (Å²) in [6.07, 6.45) is 0. The number of rotatable bonds is 6. The Morgan fingerprint density at radius 1 is 0.818 bits per heavy atom. The minimum absolute atomic E-state index is 0.782. The lowest BCUT2D eigenvalue weighted by molar-refractivity contribution is 0.533. The van der Waals surface area contributed by atoms with Gasteiger partial charge < -0.3 is 4.80 Å². The zero-order chi connectivity index (χ0) is 8.74. The second-order valence-electron chi connectivity index (χ2n) is 2.65. The van der Waals surface area contributed by atoms with Crippen LogP contribution < -0.4 is 0 Å². The highest BCUT2D eigenvalue weighted by atomic mass is 32.1. The van der Waals surface area contributed by atoms with Crippen molar-refractivity contribution in [1.29, 1.82) is 0 Å². The van der Waals surface area contributed by atoms with Gasteiger partial charge in [0.1, 0.15) is 0 Å². The van der Waals surface area contributed by atoms with Gasteiger partial charge in [0.15, 0.2) is 8.32 Å². The molecule has 5 heteroatoms. The normalized spacial score (nSPS) is 12.0. The van der Waals surface area contributed by atoms with E-state index in [2.05, 4.69) is 37.9 Å². The molecule has 0 aromatic heterocycles. The van der Waals surface area contributed by atoms with E-state index in [1.54, 1.807) is 0 Å². The molecule has 0 unspecified atom stereocenters. The first-order chi connectivity index (χ1) is 5.18. The molecule has 0 aliphatic heterocycles. The largest absolute Gasteiger partial charge is 0.432 e. The Morgan fingerprint density at radius 3 is 1.27 bits per heavy atom. The molecule has 68 valence electrons. The molecule has 0 aliphatic carbocycles. The van der Waals surface area contributed by atoms with Crippen molar-refractivity contribution in [3.63, 3.8) is 0 Å². The highest BCUT2D eigenvalue weighted by Crippen LogP contribution is 2.19. The minimum Gasteiger partial charge on any atom is -0.432 e. The zero-order valence-corrected chi connectivity index (χ0v) is 10.2. The van der Waals surface area contributed by atoms with Gasteiger partial charge >= 0.3 is 0 Å². The van der Waals surface area contributed by atoms with Crippen molar-refractivity contribution in [3.8, 4) is 0 Å². The van der Waals surface area contributed by atoms with E-state index in [1.807, 2.05) is 0 Å². The Kier molecular flexibility index (Phi) is 7.46. The quantitative estimate of drug-likeness (QED) is 0.403. The van der Waals surface area contributed by atoms with Gasteiger partial charge in [0, 0.05) is 0 Å². The molecule has 0 fully saturated rings. The molecule has 0 amide bonds. The van der Waals surface area contributed by atoms with Crippen LogP contribution in [0.5, 0.6) is 0 Å². The highest BCUT2D eigenvalue weighted by Gasteiger charge is 2.27. The Morgan fingerprint density at radius 2 is 1.09 bits per heavy atom. The van der Waals surface area contributed by atoms with Crippen LogP contribution in [-0.4, -0.2) is 30.4 Å². The Hall–Kier alpha value is 1.23. The fraction of sp³-hybridized carbons (Fsp3) is 1.00. The lowest BCUT2D eigenvalue weighted by atomic mass is 10.9. The maximum absolute atomic E-state index is 10.0. The topological polar surface area (TPSA) is 20.2 Å². The predicted octanol–water partition coefficient (Wildman–Crippen LogP) is 1.71. The van der Waals surface area contributed by atoms with E-state index in [-0.39, 0.29) is 0 Å². The summed E-state index contributed by atoms with van der Waals surface area (Å²) >= 11 is 12.4. The summed E-state index contributed by atoms with van der Waals surface area (Å²) in [6.45, 7) is 0. The second-order valence-corrected chi connectivity index (χ2v) is 7.94. The van der Waals surface area contributed by atoms with E-state index in [0.29, 0.717) is 0 Å². The van der Waals surface area contributed by atoms with Crippen molar-refractivity contribution in [2.24, 2.45) is 0 Å². The molecule has 0 heterocycles. The summed E-state index contributed by atoms with van der Waals surface area (Å²) in [6, 6.07) is 2.62. The predicted molar refractivity (Wildman–Crippen MR) is 64.0 cm³/mol. The van der Waals surface area contributed by atoms with Crippen LogP contribution in [0.2, 0.25) is 18.1 Å². The van der Waals surface area contributed by atoms with Crippen molar-refractivity contribution in [3.05, 3.63) is 0 Å². The van der Waals surface area contributed by atoms with Crippen molar-refractivity contribution in [2.45, 2.75) is 18.1 Å². The van der Waals surface area contributed by atoms with Crippen molar-refractivity contribution in [2.75, 3.05) is 17.3 Å². The first kappa shape index (κ1) is 12.2. The molecule has 0 aromatic carbocycles. The van der Waals surface area contributed by atoms with Gasteiger partial charge in [-0.05, 0) is 35.4 Å². The number of thiol groups is 3. The third-order valence-corrected chi connectivity index (χ3v) is 7.21. The second kappa shape index (κ2) is 6.71. The Bertz CT molecular complexity index is 84.8. The molecule has 0 aromatic rings. The van der Waals surface area contributed by atoms with Gasteiger partial charge in [-0.15, -0.1) is 0 Å². The molecule has 0 atom stereocenters. The van der Waals surface area contributed by atoms with Gasteiger partial charge in [-0.3, -0.25) is 0 Å². The summed E-state index contributed by atoms with van der Waals surface area (Å²) in [7, 11) is -1.98. The summed E-state index contributed by atoms with van der Waals surface area (Å²) in [4.78, 5) is 10.0. The molecule has 0 radical (unpaired) electrons. The highest BCUT2D eigenvalue weighted by molar-refractivity contribution is 7.80. The van der Waals surface area contributed by atoms with Crippen LogP contribution in [0.25, 0.3) is 0 Å². The van der Waals surface area contributed by atoms with Crippen LogP contribution in [0, 0.1) is 0 Å². The monoisotopic (exact) mass is 228 g/mol. The van der Waals surface area contributed by atoms with Gasteiger partial charge in [0.25, 0.3) is 0 Å². The van der Waals surface area contributed by atoms with Crippen LogP contribution in [0.3, 0.4) is 0 Å². The van der Waals surface area contributed by atoms with E-state index < -0.39 is 8.32 Å². The SMILES string of the molecule is O[Si](CCS)(CCS)CCS. The first-order valence-electron chi connectivity index (χ1n) is 3.73. The molecule has 0 spiro atoms. The Labute approximate surface area is 86.3 Å². The van der Waals surface area contributed by atoms with Gasteiger partial charge in [-0.1, -0.05) is 0 Å². The fourth-order valence-corrected chi connectivity index (χ4v) is 6.74. The molecule has 0 saturated heterocycles. The van der Waals surface area contributed by atoms with E-state index in [9.17, 15) is 4.80 Å². The average Bonchev–Trinajstić information content (AvgIpc) is 1.88. The van der Waals surface area contributed by atoms with Gasteiger partial charge in [-0.2, -0.15) is 37.9 Å². The molecular weight excluding hydrogens is 212 g/mol. The van der Waals surface area contributed by atoms with E-state index in [0.717, 1.165) is 35.4 Å². The van der Waals surface area contributed by atoms with Crippen LogP contribution in [0.4, 0.5) is 0 Å². The summed E-state index contributed by atoms with van der Waals surface area (Å²) in [5, 5.41) is 0. The summed E-state index contributed by atoms with van der Waals surface area (Å²) in [5.74, 6) is 2.35. The van der Waals surface area contributed by atoms with Gasteiger partial charge in [0.05, 0.1) is 0 Å². The molecule has 0 saturated carbocycles. The third-order valence-electron chi connectivity index (χ3n) is 1.73. The van der Waals surface area contributed by atoms with E-state index in [1.165, 1.54) is 0 Å². The molecule has 1 nitrogen and oxygen atoms in total. The zero-order valence-electron chi connectivity index (χ0n) is 6.53. The smallest absolute Gasteiger partial charge is 0.191 e. The van der Waals surface area contributed by atoms with Gasteiger partial charge in [0.2, 0.25) is 0 Å². The number of hydrogen-bond acceptors (Lipinski definition) is 4. The van der Waals surface area contributed by atoms with Crippen molar-refractivity contribution >= 4 is 46.2 Å². The van der Waals surface area contributed by atoms with Gasteiger partial charge in [-0.25, -0.2) is 0 Å². The van der Waals surface area contributed by atoms with Crippen LogP contribution in [-0.2, 0) is 0 Å². The minimum atomic E-state index is -1.98. The fourth-order valence-electron chi connectivity index (χ4n) is 0.999. The van der Waals surface area contributed by atoms with E-state index in [4.69, 9.17) is 0 Å². The van der Waals surface area contributed by atoms with Crippen LogP contribution >= 0.6 is 37.9 Å². The lowest BCUT2D eigenvalue weighted by Crippen LogP contribution is -2.35. The first-order valence-corrected chi connectivity index (χ1v) is 8.20. The Balaban J connectivity index is 3.79. The van der Waals surface area contributed by atoms with Crippen LogP contribution in [0.15, 0.2) is 0 Å². The number of hydrogen-bond donors (Lipinski definition) is 4. The standard InChI is InChI=1S/C6H16OS3Si/c7-11(4-1-8,5-2-9)6-3-10/h7-10H,1-6H2. The third kappa shape index (κ3) is 5.46. The lowest BCUT2D eigenvalue weighted by Gasteiger charge is -2.22. The molecule has 0 bridgehead atoms. The van der Waals surface area contributed by atoms with Crippen LogP contribution in [0.1, 0.15) is 0 Å². The van der Waals surface area contributed by atoms with Crippen molar-refractivity contribution < 1.29 is 4.80 Å². The van der Waals surface area contributed by atoms with E-state index >= 15 is 0 Å². The average molecular weight is 228 g/mol. The molecule has 0 rings (SSSR count). The summed E-state index contributed by atoms with van der Waals surface area (Å²) in [5.41, 5.74) is 0. The molecule has 1 N–H and O–H groups in total. The molecule has 0 aliphatic rings. The maximum atomic E-state index is 10.0. The molecule has 11 heavy (non-hydrogen) atoms.